The molecule has 0 spiro atoms. The maximum absolute atomic E-state index is 13.3. The maximum Gasteiger partial charge on any atom is 0.312 e. The van der Waals surface area contributed by atoms with Crippen molar-refractivity contribution in [2.24, 2.45) is 50.2 Å². The first-order chi connectivity index (χ1) is 15.7. The van der Waals surface area contributed by atoms with Crippen LogP contribution in [0.25, 0.3) is 0 Å². The van der Waals surface area contributed by atoms with E-state index < -0.39 is 0 Å². The molecule has 192 valence electrons. The van der Waals surface area contributed by atoms with Crippen LogP contribution >= 0.6 is 0 Å². The summed E-state index contributed by atoms with van der Waals surface area (Å²) in [6.07, 6.45) is 13.4. The van der Waals surface area contributed by atoms with E-state index in [0.717, 1.165) is 51.4 Å². The number of methoxy groups -OCH3 is 1. The second-order valence-electron chi connectivity index (χ2n) is 15.2. The van der Waals surface area contributed by atoms with Crippen molar-refractivity contribution in [2.75, 3.05) is 7.11 Å². The first-order valence-electron chi connectivity index (χ1n) is 14.2. The zero-order valence-electron chi connectivity index (χ0n) is 23.2. The van der Waals surface area contributed by atoms with E-state index in [4.69, 9.17) is 4.74 Å². The highest BCUT2D eigenvalue weighted by Crippen LogP contribution is 2.75. The number of carbonyl (C=O) groups excluding carboxylic acids is 1. The third kappa shape index (κ3) is 2.94. The van der Waals surface area contributed by atoms with Crippen LogP contribution in [0.5, 0.6) is 0 Å². The minimum absolute atomic E-state index is 0.0147. The van der Waals surface area contributed by atoms with Crippen LogP contribution in [-0.4, -0.2) is 24.3 Å². The Balaban J connectivity index is 1.60. The Labute approximate surface area is 208 Å². The van der Waals surface area contributed by atoms with Crippen molar-refractivity contribution in [3.05, 3.63) is 11.6 Å². The summed E-state index contributed by atoms with van der Waals surface area (Å²) in [6, 6.07) is 0. The maximum atomic E-state index is 13.3. The Hall–Kier alpha value is -0.830. The molecule has 4 saturated carbocycles. The average Bonchev–Trinajstić information content (AvgIpc) is 2.76. The van der Waals surface area contributed by atoms with Crippen molar-refractivity contribution in [2.45, 2.75) is 119 Å². The summed E-state index contributed by atoms with van der Waals surface area (Å²) in [6.45, 7) is 17.2. The number of ether oxygens (including phenoxy) is 1. The van der Waals surface area contributed by atoms with E-state index in [0.29, 0.717) is 17.8 Å². The summed E-state index contributed by atoms with van der Waals surface area (Å²) >= 11 is 0. The number of aliphatic hydroxyl groups is 1. The molecule has 0 saturated heterocycles. The number of fused-ring (bicyclic) bond motifs is 7. The summed E-state index contributed by atoms with van der Waals surface area (Å²) in [4.78, 5) is 13.3. The summed E-state index contributed by atoms with van der Waals surface area (Å²) in [7, 11) is 1.59. The lowest BCUT2D eigenvalue weighted by Crippen LogP contribution is -2.65. The number of rotatable bonds is 1. The second-order valence-corrected chi connectivity index (χ2v) is 15.2. The van der Waals surface area contributed by atoms with Crippen LogP contribution < -0.4 is 0 Å². The highest BCUT2D eigenvalue weighted by molar-refractivity contribution is 5.78. The lowest BCUT2D eigenvalue weighted by atomic mass is 9.33. The van der Waals surface area contributed by atoms with Crippen molar-refractivity contribution < 1.29 is 14.6 Å². The molecule has 0 aliphatic heterocycles. The highest BCUT2D eigenvalue weighted by Gasteiger charge is 2.69. The van der Waals surface area contributed by atoms with E-state index in [1.807, 2.05) is 0 Å². The van der Waals surface area contributed by atoms with Crippen molar-refractivity contribution in [1.82, 2.24) is 0 Å². The fourth-order valence-corrected chi connectivity index (χ4v) is 10.8. The molecule has 8 atom stereocenters. The molecule has 2 unspecified atom stereocenters. The quantitative estimate of drug-likeness (QED) is 0.322. The van der Waals surface area contributed by atoms with Crippen LogP contribution in [0.3, 0.4) is 0 Å². The van der Waals surface area contributed by atoms with Crippen molar-refractivity contribution in [1.29, 1.82) is 0 Å². The summed E-state index contributed by atoms with van der Waals surface area (Å²) in [5, 5.41) is 10.9. The molecule has 3 nitrogen and oxygen atoms in total. The zero-order valence-corrected chi connectivity index (χ0v) is 23.2. The molecule has 0 amide bonds. The van der Waals surface area contributed by atoms with Crippen LogP contribution in [0.4, 0.5) is 0 Å². The van der Waals surface area contributed by atoms with Gasteiger partial charge in [-0.2, -0.15) is 0 Å². The molecule has 0 bridgehead atoms. The number of allylic oxidation sites excluding steroid dienone is 2. The Kier molecular flexibility index (Phi) is 5.38. The largest absolute Gasteiger partial charge is 0.469 e. The Bertz CT molecular complexity index is 900. The molecule has 4 fully saturated rings. The number of aliphatic hydroxyl groups excluding tert-OH is 1. The molecule has 0 aromatic heterocycles. The van der Waals surface area contributed by atoms with Gasteiger partial charge in [0, 0.05) is 0 Å². The first kappa shape index (κ1) is 24.8. The Morgan fingerprint density at radius 2 is 1.59 bits per heavy atom. The smallest absolute Gasteiger partial charge is 0.312 e. The Morgan fingerprint density at radius 3 is 2.26 bits per heavy atom. The van der Waals surface area contributed by atoms with Crippen LogP contribution in [0.15, 0.2) is 11.6 Å². The van der Waals surface area contributed by atoms with Crippen LogP contribution in [-0.2, 0) is 9.53 Å². The molecular formula is C31H50O3. The van der Waals surface area contributed by atoms with Gasteiger partial charge in [-0.05, 0) is 109 Å². The molecule has 0 aromatic rings. The van der Waals surface area contributed by atoms with Crippen LogP contribution in [0.2, 0.25) is 0 Å². The molecule has 3 heteroatoms. The lowest BCUT2D eigenvalue weighted by molar-refractivity contribution is -0.206. The molecule has 34 heavy (non-hydrogen) atoms. The summed E-state index contributed by atoms with van der Waals surface area (Å²) < 4.78 is 5.49. The van der Waals surface area contributed by atoms with E-state index in [9.17, 15) is 9.90 Å². The normalized spacial score (nSPS) is 51.1. The standard InChI is InChI=1S/C31H50O3/c1-26(2)15-17-31(25(33)34-8)18-16-29(6)20(21(31)19-26)9-10-23-28(5)13-12-24(32)27(3,4)22(28)11-14-30(23,29)7/h9,21-24,32H,10-19H2,1-8H3/t21-,22?,23?,24-,28-,29-,30+,31-/m0/s1. The number of carbonyl (C=O) groups is 1. The lowest BCUT2D eigenvalue weighted by Gasteiger charge is -2.71. The van der Waals surface area contributed by atoms with Crippen molar-refractivity contribution in [3.8, 4) is 0 Å². The van der Waals surface area contributed by atoms with Gasteiger partial charge in [-0.25, -0.2) is 0 Å². The molecular weight excluding hydrogens is 420 g/mol. The van der Waals surface area contributed by atoms with Gasteiger partial charge in [-0.15, -0.1) is 0 Å². The van der Waals surface area contributed by atoms with E-state index >= 15 is 0 Å². The first-order valence-corrected chi connectivity index (χ1v) is 14.2. The van der Waals surface area contributed by atoms with Gasteiger partial charge in [0.25, 0.3) is 0 Å². The van der Waals surface area contributed by atoms with Gasteiger partial charge in [-0.1, -0.05) is 60.1 Å². The molecule has 0 heterocycles. The Morgan fingerprint density at radius 1 is 0.912 bits per heavy atom. The van der Waals surface area contributed by atoms with Crippen LogP contribution in [0, 0.1) is 50.2 Å². The fourth-order valence-electron chi connectivity index (χ4n) is 10.8. The molecule has 5 aliphatic rings. The van der Waals surface area contributed by atoms with Gasteiger partial charge in [0.15, 0.2) is 0 Å². The minimum Gasteiger partial charge on any atom is -0.469 e. The van der Waals surface area contributed by atoms with E-state index in [-0.39, 0.29) is 44.6 Å². The third-order valence-corrected chi connectivity index (χ3v) is 13.2. The predicted octanol–water partition coefficient (Wildman–Crippen LogP) is 7.32. The number of esters is 1. The topological polar surface area (TPSA) is 46.5 Å². The highest BCUT2D eigenvalue weighted by atomic mass is 16.5. The van der Waals surface area contributed by atoms with Gasteiger partial charge in [0.05, 0.1) is 18.6 Å². The van der Waals surface area contributed by atoms with Gasteiger partial charge in [0.1, 0.15) is 0 Å². The second kappa shape index (κ2) is 7.36. The average molecular weight is 471 g/mol. The SMILES string of the molecule is COC(=O)[C@]12CCC(C)(C)C[C@H]1C1=CCC3[C@@]4(C)CC[C@H](O)C(C)(C)C4CC[C@@]3(C)[C@@]1(C)CC2. The van der Waals surface area contributed by atoms with Gasteiger partial charge in [0.2, 0.25) is 0 Å². The number of hydrogen-bond donors (Lipinski definition) is 1. The monoisotopic (exact) mass is 470 g/mol. The summed E-state index contributed by atoms with van der Waals surface area (Å²) in [5.41, 5.74) is 2.18. The van der Waals surface area contributed by atoms with E-state index in [1.165, 1.54) is 12.8 Å². The molecule has 0 aromatic carbocycles. The predicted molar refractivity (Wildman–Crippen MR) is 137 cm³/mol. The fraction of sp³-hybridized carbons (Fsp3) is 0.903. The molecule has 5 rings (SSSR count). The molecule has 0 radical (unpaired) electrons. The van der Waals surface area contributed by atoms with Gasteiger partial charge in [-0.3, -0.25) is 4.79 Å². The molecule has 1 N–H and O–H groups in total. The summed E-state index contributed by atoms with van der Waals surface area (Å²) in [5.74, 6) is 1.57. The number of hydrogen-bond acceptors (Lipinski definition) is 3. The van der Waals surface area contributed by atoms with E-state index in [2.05, 4.69) is 54.5 Å². The van der Waals surface area contributed by atoms with E-state index in [1.54, 1.807) is 12.7 Å². The van der Waals surface area contributed by atoms with Crippen molar-refractivity contribution in [3.63, 3.8) is 0 Å². The van der Waals surface area contributed by atoms with Gasteiger partial charge < -0.3 is 9.84 Å². The van der Waals surface area contributed by atoms with Crippen molar-refractivity contribution >= 4 is 5.97 Å². The molecule has 5 aliphatic carbocycles. The zero-order chi connectivity index (χ0) is 24.9. The van der Waals surface area contributed by atoms with Gasteiger partial charge >= 0.3 is 5.97 Å². The van der Waals surface area contributed by atoms with Crippen LogP contribution in [0.1, 0.15) is 113 Å². The third-order valence-electron chi connectivity index (χ3n) is 13.2. The minimum atomic E-state index is -0.323.